The molecule has 10 heteroatoms. The summed E-state index contributed by atoms with van der Waals surface area (Å²) in [5.74, 6) is -0.609. The zero-order chi connectivity index (χ0) is 18.5. The molecule has 0 aliphatic carbocycles. The molecule has 26 heavy (non-hydrogen) atoms. The second-order valence-electron chi connectivity index (χ2n) is 5.14. The molecule has 1 atom stereocenters. The van der Waals surface area contributed by atoms with Crippen LogP contribution in [0.15, 0.2) is 45.9 Å². The Morgan fingerprint density at radius 2 is 2.19 bits per heavy atom. The Bertz CT molecular complexity index is 884. The molecular weight excluding hydrogens is 415 g/mol. The van der Waals surface area contributed by atoms with E-state index in [0.717, 1.165) is 4.88 Å². The highest BCUT2D eigenvalue weighted by molar-refractivity contribution is 8.15. The minimum atomic E-state index is -0.572. The van der Waals surface area contributed by atoms with Crippen LogP contribution in [-0.2, 0) is 9.59 Å². The molecule has 0 unspecified atom stereocenters. The van der Waals surface area contributed by atoms with Gasteiger partial charge in [0.15, 0.2) is 5.17 Å². The first-order valence-electron chi connectivity index (χ1n) is 7.38. The molecule has 1 aromatic carbocycles. The highest BCUT2D eigenvalue weighted by atomic mass is 35.5. The Morgan fingerprint density at radius 3 is 2.92 bits per heavy atom. The fraction of sp³-hybridized carbons (Fsp3) is 0.125. The van der Waals surface area contributed by atoms with Crippen LogP contribution in [0.25, 0.3) is 0 Å². The average molecular weight is 427 g/mol. The molecule has 2 amide bonds. The fourth-order valence-electron chi connectivity index (χ4n) is 2.05. The lowest BCUT2D eigenvalue weighted by molar-refractivity contribution is -0.122. The molecule has 1 aliphatic rings. The molecule has 1 fully saturated rings. The Labute approximate surface area is 167 Å². The highest BCUT2D eigenvalue weighted by Gasteiger charge is 2.32. The normalized spacial score (nSPS) is 18.5. The van der Waals surface area contributed by atoms with Gasteiger partial charge in [0.1, 0.15) is 5.25 Å². The van der Waals surface area contributed by atoms with Gasteiger partial charge in [0, 0.05) is 16.3 Å². The largest absolute Gasteiger partial charge is 0.325 e. The molecule has 6 nitrogen and oxygen atoms in total. The van der Waals surface area contributed by atoms with Crippen LogP contribution in [0.3, 0.4) is 0 Å². The molecule has 3 rings (SSSR count). The van der Waals surface area contributed by atoms with Crippen molar-refractivity contribution in [2.24, 2.45) is 10.2 Å². The third-order valence-corrected chi connectivity index (χ3v) is 5.66. The van der Waals surface area contributed by atoms with E-state index in [1.807, 2.05) is 17.5 Å². The monoisotopic (exact) mass is 426 g/mol. The smallest absolute Gasteiger partial charge is 0.240 e. The number of nitrogens with zero attached hydrogens (tertiary/aromatic N) is 2. The van der Waals surface area contributed by atoms with Crippen molar-refractivity contribution in [2.45, 2.75) is 11.7 Å². The minimum absolute atomic E-state index is 0.0108. The predicted molar refractivity (Wildman–Crippen MR) is 109 cm³/mol. The van der Waals surface area contributed by atoms with Gasteiger partial charge in [-0.1, -0.05) is 41.0 Å². The summed E-state index contributed by atoms with van der Waals surface area (Å²) < 4.78 is 0. The summed E-state index contributed by atoms with van der Waals surface area (Å²) in [6.45, 7) is 0. The summed E-state index contributed by atoms with van der Waals surface area (Å²) in [7, 11) is 0. The maximum atomic E-state index is 12.2. The van der Waals surface area contributed by atoms with Crippen molar-refractivity contribution in [3.05, 3.63) is 50.6 Å². The quantitative estimate of drug-likeness (QED) is 0.559. The number of anilines is 1. The Kier molecular flexibility index (Phi) is 6.31. The van der Waals surface area contributed by atoms with E-state index in [2.05, 4.69) is 20.8 Å². The first-order chi connectivity index (χ1) is 12.5. The van der Waals surface area contributed by atoms with Gasteiger partial charge in [0.05, 0.1) is 16.9 Å². The first kappa shape index (κ1) is 18.9. The molecule has 2 aromatic rings. The van der Waals surface area contributed by atoms with E-state index >= 15 is 0 Å². The number of benzene rings is 1. The van der Waals surface area contributed by atoms with E-state index in [9.17, 15) is 9.59 Å². The lowest BCUT2D eigenvalue weighted by Gasteiger charge is -2.09. The molecule has 1 saturated heterocycles. The zero-order valence-electron chi connectivity index (χ0n) is 13.1. The SMILES string of the molecule is O=C(C[C@@H]1S/C(=N/N=C\c2cccs2)NC1=O)Nc1ccc(Cl)cc1Cl. The summed E-state index contributed by atoms with van der Waals surface area (Å²) in [5.41, 5.74) is 0.443. The van der Waals surface area contributed by atoms with Gasteiger partial charge in [-0.05, 0) is 29.6 Å². The number of hydrogen-bond donors (Lipinski definition) is 2. The third-order valence-electron chi connectivity index (χ3n) is 3.23. The van der Waals surface area contributed by atoms with Gasteiger partial charge in [-0.15, -0.1) is 16.4 Å². The number of nitrogens with one attached hydrogen (secondary N) is 2. The lowest BCUT2D eigenvalue weighted by Crippen LogP contribution is -2.28. The summed E-state index contributed by atoms with van der Waals surface area (Å²) in [4.78, 5) is 25.1. The number of carbonyl (C=O) groups is 2. The zero-order valence-corrected chi connectivity index (χ0v) is 16.3. The molecule has 1 aromatic heterocycles. The van der Waals surface area contributed by atoms with Crippen molar-refractivity contribution in [1.82, 2.24) is 5.32 Å². The third kappa shape index (κ3) is 5.07. The van der Waals surface area contributed by atoms with Gasteiger partial charge < -0.3 is 10.6 Å². The van der Waals surface area contributed by atoms with Gasteiger partial charge in [0.25, 0.3) is 0 Å². The van der Waals surface area contributed by atoms with E-state index in [0.29, 0.717) is 20.9 Å². The second-order valence-corrected chi connectivity index (χ2v) is 8.15. The van der Waals surface area contributed by atoms with Gasteiger partial charge in [-0.3, -0.25) is 9.59 Å². The van der Waals surface area contributed by atoms with Crippen LogP contribution in [0.1, 0.15) is 11.3 Å². The van der Waals surface area contributed by atoms with Crippen LogP contribution < -0.4 is 10.6 Å². The summed E-state index contributed by atoms with van der Waals surface area (Å²) >= 11 is 14.5. The standard InChI is InChI=1S/C16H12Cl2N4O2S2/c17-9-3-4-12(11(18)6-9)20-14(23)7-13-15(24)21-16(26-13)22-19-8-10-2-1-5-25-10/h1-6,8,13H,7H2,(H,20,23)(H,21,22,24)/b19-8-/t13-/m0/s1. The van der Waals surface area contributed by atoms with E-state index in [-0.39, 0.29) is 18.2 Å². The van der Waals surface area contributed by atoms with Crippen LogP contribution in [0.4, 0.5) is 5.69 Å². The van der Waals surface area contributed by atoms with Crippen LogP contribution in [0.2, 0.25) is 10.0 Å². The number of thiophene rings is 1. The molecule has 1 aliphatic heterocycles. The van der Waals surface area contributed by atoms with E-state index in [1.165, 1.54) is 29.2 Å². The maximum Gasteiger partial charge on any atom is 0.240 e. The number of amidine groups is 1. The van der Waals surface area contributed by atoms with Crippen molar-refractivity contribution < 1.29 is 9.59 Å². The first-order valence-corrected chi connectivity index (χ1v) is 9.90. The summed E-state index contributed by atoms with van der Waals surface area (Å²) in [6, 6.07) is 8.58. The number of halogens is 2. The Hall–Kier alpha value is -1.87. The van der Waals surface area contributed by atoms with Gasteiger partial charge in [-0.25, -0.2) is 0 Å². The van der Waals surface area contributed by atoms with Crippen molar-refractivity contribution >= 4 is 75.2 Å². The van der Waals surface area contributed by atoms with Crippen molar-refractivity contribution in [2.75, 3.05) is 5.32 Å². The van der Waals surface area contributed by atoms with Crippen molar-refractivity contribution in [1.29, 1.82) is 0 Å². The van der Waals surface area contributed by atoms with Gasteiger partial charge in [0.2, 0.25) is 11.8 Å². The number of rotatable bonds is 5. The molecule has 134 valence electrons. The molecule has 0 spiro atoms. The van der Waals surface area contributed by atoms with Crippen LogP contribution >= 0.6 is 46.3 Å². The van der Waals surface area contributed by atoms with E-state index in [4.69, 9.17) is 23.2 Å². The number of carbonyl (C=O) groups excluding carboxylic acids is 2. The van der Waals surface area contributed by atoms with Crippen LogP contribution in [-0.4, -0.2) is 28.4 Å². The van der Waals surface area contributed by atoms with E-state index < -0.39 is 5.25 Å². The lowest BCUT2D eigenvalue weighted by atomic mass is 10.2. The summed E-state index contributed by atoms with van der Waals surface area (Å²) in [5, 5.41) is 15.7. The average Bonchev–Trinajstić information content (AvgIpc) is 3.21. The molecule has 2 heterocycles. The molecular formula is C16H12Cl2N4O2S2. The number of hydrogen-bond acceptors (Lipinski definition) is 6. The molecule has 0 radical (unpaired) electrons. The van der Waals surface area contributed by atoms with Crippen molar-refractivity contribution in [3.63, 3.8) is 0 Å². The number of amides is 2. The van der Waals surface area contributed by atoms with E-state index in [1.54, 1.807) is 18.3 Å². The number of thioether (sulfide) groups is 1. The predicted octanol–water partition coefficient (Wildman–Crippen LogP) is 4.01. The van der Waals surface area contributed by atoms with Crippen LogP contribution in [0, 0.1) is 0 Å². The van der Waals surface area contributed by atoms with Crippen molar-refractivity contribution in [3.8, 4) is 0 Å². The topological polar surface area (TPSA) is 82.9 Å². The van der Waals surface area contributed by atoms with Crippen LogP contribution in [0.5, 0.6) is 0 Å². The molecule has 0 saturated carbocycles. The maximum absolute atomic E-state index is 12.2. The molecule has 2 N–H and O–H groups in total. The Balaban J connectivity index is 1.56. The minimum Gasteiger partial charge on any atom is -0.325 e. The summed E-state index contributed by atoms with van der Waals surface area (Å²) in [6.07, 6.45) is 1.59. The second kappa shape index (κ2) is 8.68. The van der Waals surface area contributed by atoms with Gasteiger partial charge >= 0.3 is 0 Å². The Morgan fingerprint density at radius 1 is 1.35 bits per heavy atom. The van der Waals surface area contributed by atoms with Gasteiger partial charge in [-0.2, -0.15) is 5.10 Å². The highest BCUT2D eigenvalue weighted by Crippen LogP contribution is 2.27. The molecule has 0 bridgehead atoms. The fourth-order valence-corrected chi connectivity index (χ4v) is 4.01.